The highest BCUT2D eigenvalue weighted by Crippen LogP contribution is 2.45. The van der Waals surface area contributed by atoms with Crippen LogP contribution in [-0.4, -0.2) is 36.4 Å². The van der Waals surface area contributed by atoms with Gasteiger partial charge < -0.3 is 15.2 Å². The van der Waals surface area contributed by atoms with Crippen molar-refractivity contribution >= 4 is 5.91 Å². The molecule has 1 amide bonds. The van der Waals surface area contributed by atoms with Crippen molar-refractivity contribution < 1.29 is 14.6 Å². The van der Waals surface area contributed by atoms with Gasteiger partial charge in [-0.05, 0) is 37.5 Å². The Labute approximate surface area is 109 Å². The van der Waals surface area contributed by atoms with Crippen LogP contribution in [0.3, 0.4) is 0 Å². The predicted octanol–water partition coefficient (Wildman–Crippen LogP) is 1.47. The van der Waals surface area contributed by atoms with Crippen LogP contribution in [0, 0.1) is 11.3 Å². The number of carbonyl (C=O) groups is 1. The lowest BCUT2D eigenvalue weighted by molar-refractivity contribution is -0.131. The normalized spacial score (nSPS) is 35.4. The molecule has 0 radical (unpaired) electrons. The Balaban J connectivity index is 1.85. The van der Waals surface area contributed by atoms with E-state index in [1.54, 1.807) is 0 Å². The molecule has 0 aromatic heterocycles. The Morgan fingerprint density at radius 2 is 2.17 bits per heavy atom. The standard InChI is InChI=1S/C14H25NO3/c1-13(2)6-4-7-14(13,17)10-15-12(16)11-5-3-8-18-9-11/h11,17H,3-10H2,1-2H3,(H,15,16)/t11-,14-/m1/s1. The Bertz CT molecular complexity index is 310. The molecule has 0 aromatic carbocycles. The molecule has 0 unspecified atom stereocenters. The molecule has 2 N–H and O–H groups in total. The average Bonchev–Trinajstić information content (AvgIpc) is 2.62. The van der Waals surface area contributed by atoms with Crippen LogP contribution in [0.2, 0.25) is 0 Å². The van der Waals surface area contributed by atoms with Crippen molar-refractivity contribution in [1.29, 1.82) is 0 Å². The summed E-state index contributed by atoms with van der Waals surface area (Å²) in [6, 6.07) is 0. The van der Waals surface area contributed by atoms with Crippen molar-refractivity contribution in [2.75, 3.05) is 19.8 Å². The average molecular weight is 255 g/mol. The summed E-state index contributed by atoms with van der Waals surface area (Å²) in [6.45, 7) is 5.81. The zero-order chi connectivity index (χ0) is 13.2. The number of aliphatic hydroxyl groups is 1. The Hall–Kier alpha value is -0.610. The Kier molecular flexibility index (Phi) is 3.97. The van der Waals surface area contributed by atoms with Crippen molar-refractivity contribution in [2.45, 2.75) is 51.6 Å². The number of ether oxygens (including phenoxy) is 1. The first-order chi connectivity index (χ1) is 8.45. The highest BCUT2D eigenvalue weighted by atomic mass is 16.5. The van der Waals surface area contributed by atoms with Crippen LogP contribution < -0.4 is 5.32 Å². The van der Waals surface area contributed by atoms with E-state index in [9.17, 15) is 9.90 Å². The van der Waals surface area contributed by atoms with E-state index in [4.69, 9.17) is 4.74 Å². The SMILES string of the molecule is CC1(C)CCC[C@@]1(O)CNC(=O)[C@@H]1CCCOC1. The second-order valence-electron chi connectivity index (χ2n) is 6.40. The van der Waals surface area contributed by atoms with E-state index in [1.807, 2.05) is 0 Å². The molecule has 2 rings (SSSR count). The molecule has 4 heteroatoms. The van der Waals surface area contributed by atoms with Gasteiger partial charge in [0.1, 0.15) is 0 Å². The second kappa shape index (κ2) is 5.17. The maximum Gasteiger partial charge on any atom is 0.225 e. The van der Waals surface area contributed by atoms with Gasteiger partial charge in [-0.2, -0.15) is 0 Å². The van der Waals surface area contributed by atoms with Gasteiger partial charge in [-0.1, -0.05) is 13.8 Å². The van der Waals surface area contributed by atoms with Gasteiger partial charge in [-0.3, -0.25) is 4.79 Å². The third-order valence-electron chi connectivity index (χ3n) is 4.74. The number of hydrogen-bond donors (Lipinski definition) is 2. The molecular weight excluding hydrogens is 230 g/mol. The van der Waals surface area contributed by atoms with Gasteiger partial charge in [-0.15, -0.1) is 0 Å². The van der Waals surface area contributed by atoms with Crippen LogP contribution in [0.1, 0.15) is 46.0 Å². The number of rotatable bonds is 3. The van der Waals surface area contributed by atoms with E-state index in [0.717, 1.165) is 38.7 Å². The van der Waals surface area contributed by atoms with Gasteiger partial charge in [0.15, 0.2) is 0 Å². The molecule has 0 spiro atoms. The summed E-state index contributed by atoms with van der Waals surface area (Å²) in [4.78, 5) is 12.0. The van der Waals surface area contributed by atoms with Crippen molar-refractivity contribution in [3.63, 3.8) is 0 Å². The minimum Gasteiger partial charge on any atom is -0.387 e. The molecule has 1 aliphatic heterocycles. The van der Waals surface area contributed by atoms with Gasteiger partial charge in [0.2, 0.25) is 5.91 Å². The monoisotopic (exact) mass is 255 g/mol. The maximum absolute atomic E-state index is 12.0. The van der Waals surface area contributed by atoms with Gasteiger partial charge >= 0.3 is 0 Å². The molecular formula is C14H25NO3. The zero-order valence-corrected chi connectivity index (χ0v) is 11.5. The highest BCUT2D eigenvalue weighted by Gasteiger charge is 2.47. The minimum atomic E-state index is -0.752. The summed E-state index contributed by atoms with van der Waals surface area (Å²) >= 11 is 0. The first-order valence-electron chi connectivity index (χ1n) is 7.02. The van der Waals surface area contributed by atoms with E-state index in [0.29, 0.717) is 13.2 Å². The fraction of sp³-hybridized carbons (Fsp3) is 0.929. The van der Waals surface area contributed by atoms with E-state index in [2.05, 4.69) is 19.2 Å². The van der Waals surface area contributed by atoms with E-state index in [-0.39, 0.29) is 17.2 Å². The van der Waals surface area contributed by atoms with Crippen molar-refractivity contribution in [3.8, 4) is 0 Å². The molecule has 1 saturated heterocycles. The zero-order valence-electron chi connectivity index (χ0n) is 11.5. The summed E-state index contributed by atoms with van der Waals surface area (Å²) in [5, 5.41) is 13.5. The topological polar surface area (TPSA) is 58.6 Å². The van der Waals surface area contributed by atoms with Crippen molar-refractivity contribution in [2.24, 2.45) is 11.3 Å². The number of nitrogens with one attached hydrogen (secondary N) is 1. The lowest BCUT2D eigenvalue weighted by Crippen LogP contribution is -2.51. The largest absolute Gasteiger partial charge is 0.387 e. The third-order valence-corrected chi connectivity index (χ3v) is 4.74. The molecule has 104 valence electrons. The predicted molar refractivity (Wildman–Crippen MR) is 69.1 cm³/mol. The molecule has 1 heterocycles. The summed E-state index contributed by atoms with van der Waals surface area (Å²) in [5.41, 5.74) is -0.860. The summed E-state index contributed by atoms with van der Waals surface area (Å²) in [6.07, 6.45) is 4.68. The molecule has 1 aliphatic carbocycles. The number of amides is 1. The molecule has 1 saturated carbocycles. The number of carbonyl (C=O) groups excluding carboxylic acids is 1. The van der Waals surface area contributed by atoms with Crippen LogP contribution >= 0.6 is 0 Å². The quantitative estimate of drug-likeness (QED) is 0.803. The van der Waals surface area contributed by atoms with Gasteiger partial charge in [0, 0.05) is 13.2 Å². The minimum absolute atomic E-state index is 0.0332. The van der Waals surface area contributed by atoms with E-state index in [1.165, 1.54) is 0 Å². The smallest absolute Gasteiger partial charge is 0.225 e. The summed E-state index contributed by atoms with van der Waals surface area (Å²) < 4.78 is 5.32. The maximum atomic E-state index is 12.0. The van der Waals surface area contributed by atoms with Gasteiger partial charge in [0.05, 0.1) is 18.1 Å². The molecule has 0 bridgehead atoms. The Morgan fingerprint density at radius 3 is 2.72 bits per heavy atom. The van der Waals surface area contributed by atoms with Crippen LogP contribution in [0.5, 0.6) is 0 Å². The van der Waals surface area contributed by atoms with Crippen LogP contribution in [0.4, 0.5) is 0 Å². The molecule has 18 heavy (non-hydrogen) atoms. The first-order valence-corrected chi connectivity index (χ1v) is 7.02. The molecule has 4 nitrogen and oxygen atoms in total. The second-order valence-corrected chi connectivity index (χ2v) is 6.40. The number of hydrogen-bond acceptors (Lipinski definition) is 3. The van der Waals surface area contributed by atoms with Crippen molar-refractivity contribution in [3.05, 3.63) is 0 Å². The molecule has 0 aromatic rings. The van der Waals surface area contributed by atoms with Crippen molar-refractivity contribution in [1.82, 2.24) is 5.32 Å². The molecule has 2 fully saturated rings. The van der Waals surface area contributed by atoms with Gasteiger partial charge in [0.25, 0.3) is 0 Å². The highest BCUT2D eigenvalue weighted by molar-refractivity contribution is 5.78. The Morgan fingerprint density at radius 1 is 1.39 bits per heavy atom. The fourth-order valence-electron chi connectivity index (χ4n) is 3.05. The van der Waals surface area contributed by atoms with Crippen LogP contribution in [0.15, 0.2) is 0 Å². The first kappa shape index (κ1) is 13.8. The molecule has 2 atom stereocenters. The lowest BCUT2D eigenvalue weighted by Gasteiger charge is -2.37. The van der Waals surface area contributed by atoms with Crippen LogP contribution in [-0.2, 0) is 9.53 Å². The summed E-state index contributed by atoms with van der Waals surface area (Å²) in [5.74, 6) is -0.00214. The van der Waals surface area contributed by atoms with E-state index >= 15 is 0 Å². The third kappa shape index (κ3) is 2.69. The van der Waals surface area contributed by atoms with Crippen LogP contribution in [0.25, 0.3) is 0 Å². The lowest BCUT2D eigenvalue weighted by atomic mass is 9.77. The molecule has 2 aliphatic rings. The van der Waals surface area contributed by atoms with Gasteiger partial charge in [-0.25, -0.2) is 0 Å². The fourth-order valence-corrected chi connectivity index (χ4v) is 3.05. The summed E-state index contributed by atoms with van der Waals surface area (Å²) in [7, 11) is 0. The van der Waals surface area contributed by atoms with E-state index < -0.39 is 5.60 Å².